The van der Waals surface area contributed by atoms with Gasteiger partial charge in [0, 0.05) is 18.7 Å². The summed E-state index contributed by atoms with van der Waals surface area (Å²) in [6.07, 6.45) is 0. The molecule has 0 unspecified atom stereocenters. The van der Waals surface area contributed by atoms with Gasteiger partial charge in [-0.05, 0) is 13.0 Å². The van der Waals surface area contributed by atoms with Crippen molar-refractivity contribution in [2.45, 2.75) is 13.5 Å². The van der Waals surface area contributed by atoms with E-state index < -0.39 is 29.2 Å². The molecule has 3 amide bonds. The van der Waals surface area contributed by atoms with E-state index in [0.717, 1.165) is 10.6 Å². The van der Waals surface area contributed by atoms with Crippen molar-refractivity contribution < 1.29 is 18.9 Å². The lowest BCUT2D eigenvalue weighted by molar-refractivity contribution is -0.384. The number of hydrogen-bond acceptors (Lipinski definition) is 6. The van der Waals surface area contributed by atoms with Crippen LogP contribution in [0.15, 0.2) is 27.4 Å². The zero-order valence-corrected chi connectivity index (χ0v) is 11.5. The van der Waals surface area contributed by atoms with Gasteiger partial charge in [0.1, 0.15) is 6.54 Å². The Morgan fingerprint density at radius 3 is 2.77 bits per heavy atom. The molecule has 0 bridgehead atoms. The molecule has 2 aromatic rings. The molecule has 0 aliphatic rings. The van der Waals surface area contributed by atoms with E-state index >= 15 is 0 Å². The molecule has 10 heteroatoms. The molecule has 1 aromatic heterocycles. The highest BCUT2D eigenvalue weighted by atomic mass is 16.6. The van der Waals surface area contributed by atoms with Crippen LogP contribution in [0.1, 0.15) is 6.92 Å². The Balaban J connectivity index is 2.30. The van der Waals surface area contributed by atoms with E-state index in [1.807, 2.05) is 5.32 Å². The standard InChI is InChI=1S/C12H12N4O6/c1-2-13-11(18)14-10(17)6-15-8-5-7(16(20)21)3-4-9(8)22-12(15)19/h3-5H,2,6H2,1H3,(H2,13,14,17,18). The van der Waals surface area contributed by atoms with E-state index in [1.165, 1.54) is 12.1 Å². The third kappa shape index (κ3) is 3.11. The maximum atomic E-state index is 11.7. The summed E-state index contributed by atoms with van der Waals surface area (Å²) >= 11 is 0. The van der Waals surface area contributed by atoms with Crippen molar-refractivity contribution >= 4 is 28.7 Å². The predicted molar refractivity (Wildman–Crippen MR) is 74.3 cm³/mol. The molecule has 0 saturated heterocycles. The number of carbonyl (C=O) groups is 2. The molecule has 116 valence electrons. The Bertz CT molecular complexity index is 806. The lowest BCUT2D eigenvalue weighted by Crippen LogP contribution is -2.41. The third-order valence-corrected chi connectivity index (χ3v) is 2.75. The van der Waals surface area contributed by atoms with Crippen molar-refractivity contribution in [2.24, 2.45) is 0 Å². The summed E-state index contributed by atoms with van der Waals surface area (Å²) in [5.74, 6) is -1.59. The lowest BCUT2D eigenvalue weighted by atomic mass is 10.3. The van der Waals surface area contributed by atoms with E-state index in [-0.39, 0.29) is 16.8 Å². The number of nitro benzene ring substituents is 1. The van der Waals surface area contributed by atoms with Crippen LogP contribution in [-0.4, -0.2) is 28.0 Å². The van der Waals surface area contributed by atoms with Crippen molar-refractivity contribution in [1.29, 1.82) is 0 Å². The van der Waals surface area contributed by atoms with Crippen LogP contribution in [-0.2, 0) is 11.3 Å². The van der Waals surface area contributed by atoms with Gasteiger partial charge in [0.15, 0.2) is 5.58 Å². The number of urea groups is 1. The zero-order valence-electron chi connectivity index (χ0n) is 11.5. The van der Waals surface area contributed by atoms with Gasteiger partial charge < -0.3 is 9.73 Å². The number of nitrogens with one attached hydrogen (secondary N) is 2. The van der Waals surface area contributed by atoms with E-state index in [9.17, 15) is 24.5 Å². The summed E-state index contributed by atoms with van der Waals surface area (Å²) in [4.78, 5) is 44.8. The molecular weight excluding hydrogens is 296 g/mol. The fraction of sp³-hybridized carbons (Fsp3) is 0.250. The topological polar surface area (TPSA) is 136 Å². The molecular formula is C12H12N4O6. The smallest absolute Gasteiger partial charge is 0.408 e. The molecule has 2 N–H and O–H groups in total. The Morgan fingerprint density at radius 2 is 2.14 bits per heavy atom. The first-order valence-electron chi connectivity index (χ1n) is 6.28. The summed E-state index contributed by atoms with van der Waals surface area (Å²) in [7, 11) is 0. The quantitative estimate of drug-likeness (QED) is 0.617. The number of non-ortho nitro benzene ring substituents is 1. The SMILES string of the molecule is CCNC(=O)NC(=O)Cn1c(=O)oc2ccc([N+](=O)[O-])cc21. The van der Waals surface area contributed by atoms with Crippen molar-refractivity contribution in [3.05, 3.63) is 38.9 Å². The van der Waals surface area contributed by atoms with Crippen LogP contribution in [0.3, 0.4) is 0 Å². The number of oxazole rings is 1. The van der Waals surface area contributed by atoms with Gasteiger partial charge in [-0.1, -0.05) is 0 Å². The highest BCUT2D eigenvalue weighted by molar-refractivity contribution is 5.94. The fourth-order valence-electron chi connectivity index (χ4n) is 1.83. The van der Waals surface area contributed by atoms with E-state index in [1.54, 1.807) is 6.92 Å². The molecule has 2 rings (SSSR count). The molecule has 1 heterocycles. The van der Waals surface area contributed by atoms with Crippen LogP contribution in [0.5, 0.6) is 0 Å². The first-order valence-corrected chi connectivity index (χ1v) is 6.28. The number of imide groups is 1. The third-order valence-electron chi connectivity index (χ3n) is 2.75. The molecule has 0 atom stereocenters. The van der Waals surface area contributed by atoms with E-state index in [0.29, 0.717) is 6.54 Å². The molecule has 0 aliphatic heterocycles. The van der Waals surface area contributed by atoms with E-state index in [4.69, 9.17) is 4.42 Å². The molecule has 0 spiro atoms. The van der Waals surface area contributed by atoms with Gasteiger partial charge in [-0.2, -0.15) is 0 Å². The monoisotopic (exact) mass is 308 g/mol. The maximum absolute atomic E-state index is 11.7. The predicted octanol–water partition coefficient (Wildman–Crippen LogP) is 0.348. The highest BCUT2D eigenvalue weighted by Gasteiger charge is 2.17. The van der Waals surface area contributed by atoms with Crippen molar-refractivity contribution in [3.63, 3.8) is 0 Å². The van der Waals surface area contributed by atoms with Gasteiger partial charge >= 0.3 is 11.8 Å². The number of amides is 3. The fourth-order valence-corrected chi connectivity index (χ4v) is 1.83. The van der Waals surface area contributed by atoms with Gasteiger partial charge in [-0.25, -0.2) is 9.59 Å². The Kier molecular flexibility index (Phi) is 4.20. The van der Waals surface area contributed by atoms with Gasteiger partial charge in [0.2, 0.25) is 5.91 Å². The number of carbonyl (C=O) groups excluding carboxylic acids is 2. The van der Waals surface area contributed by atoms with Crippen molar-refractivity contribution in [1.82, 2.24) is 15.2 Å². The molecule has 22 heavy (non-hydrogen) atoms. The number of nitro groups is 1. The Morgan fingerprint density at radius 1 is 1.41 bits per heavy atom. The Labute approximate surface area is 122 Å². The lowest BCUT2D eigenvalue weighted by Gasteiger charge is -2.05. The Hall–Kier alpha value is -3.17. The van der Waals surface area contributed by atoms with Crippen LogP contribution < -0.4 is 16.4 Å². The largest absolute Gasteiger partial charge is 0.420 e. The second-order valence-electron chi connectivity index (χ2n) is 4.27. The average molecular weight is 308 g/mol. The highest BCUT2D eigenvalue weighted by Crippen LogP contribution is 2.19. The second-order valence-corrected chi connectivity index (χ2v) is 4.27. The maximum Gasteiger partial charge on any atom is 0.420 e. The number of nitrogens with zero attached hydrogens (tertiary/aromatic N) is 2. The number of aromatic nitrogens is 1. The van der Waals surface area contributed by atoms with Crippen molar-refractivity contribution in [2.75, 3.05) is 6.54 Å². The molecule has 0 fully saturated rings. The van der Waals surface area contributed by atoms with Crippen LogP contribution in [0.4, 0.5) is 10.5 Å². The summed E-state index contributed by atoms with van der Waals surface area (Å²) in [6, 6.07) is 2.89. The zero-order chi connectivity index (χ0) is 16.3. The minimum absolute atomic E-state index is 0.102. The number of hydrogen-bond donors (Lipinski definition) is 2. The first-order chi connectivity index (χ1) is 10.4. The second kappa shape index (κ2) is 6.08. The minimum Gasteiger partial charge on any atom is -0.408 e. The summed E-state index contributed by atoms with van der Waals surface area (Å²) in [6.45, 7) is 1.52. The van der Waals surface area contributed by atoms with Gasteiger partial charge in [0.25, 0.3) is 5.69 Å². The molecule has 0 aliphatic carbocycles. The van der Waals surface area contributed by atoms with Crippen molar-refractivity contribution in [3.8, 4) is 0 Å². The number of benzene rings is 1. The van der Waals surface area contributed by atoms with Crippen LogP contribution >= 0.6 is 0 Å². The van der Waals surface area contributed by atoms with Gasteiger partial charge in [-0.3, -0.25) is 24.8 Å². The molecule has 10 nitrogen and oxygen atoms in total. The summed E-state index contributed by atoms with van der Waals surface area (Å²) in [5.41, 5.74) is -0.0298. The minimum atomic E-state index is -0.846. The average Bonchev–Trinajstić information content (AvgIpc) is 2.74. The van der Waals surface area contributed by atoms with Crippen LogP contribution in [0.2, 0.25) is 0 Å². The molecule has 0 radical (unpaired) electrons. The normalized spacial score (nSPS) is 10.4. The van der Waals surface area contributed by atoms with Crippen LogP contribution in [0.25, 0.3) is 11.1 Å². The summed E-state index contributed by atoms with van der Waals surface area (Å²) in [5, 5.41) is 15.1. The summed E-state index contributed by atoms with van der Waals surface area (Å²) < 4.78 is 5.80. The van der Waals surface area contributed by atoms with Gasteiger partial charge in [-0.15, -0.1) is 0 Å². The molecule has 1 aromatic carbocycles. The van der Waals surface area contributed by atoms with Crippen LogP contribution in [0, 0.1) is 10.1 Å². The molecule has 0 saturated carbocycles. The number of fused-ring (bicyclic) bond motifs is 1. The van der Waals surface area contributed by atoms with E-state index in [2.05, 4.69) is 5.32 Å². The van der Waals surface area contributed by atoms with Gasteiger partial charge in [0.05, 0.1) is 10.4 Å². The number of rotatable bonds is 4. The first kappa shape index (κ1) is 15.2.